The van der Waals surface area contributed by atoms with Crippen molar-refractivity contribution >= 4 is 17.5 Å². The van der Waals surface area contributed by atoms with Gasteiger partial charge in [-0.2, -0.15) is 0 Å². The minimum absolute atomic E-state index is 0.0436. The standard InChI is InChI=1S/C15H18FN5O3/c1-3-20(15-14(21(23)24)18-10-19(15)2)9-13(22)17-8-11-4-6-12(16)7-5-11/h4-7,10H,3,8-9H2,1-2H3,(H,17,22). The quantitative estimate of drug-likeness (QED) is 0.613. The minimum atomic E-state index is -0.575. The topological polar surface area (TPSA) is 93.3 Å². The molecule has 2 aromatic rings. The third kappa shape index (κ3) is 4.06. The van der Waals surface area contributed by atoms with Gasteiger partial charge in [0.25, 0.3) is 0 Å². The van der Waals surface area contributed by atoms with Gasteiger partial charge < -0.3 is 20.3 Å². The van der Waals surface area contributed by atoms with E-state index < -0.39 is 4.92 Å². The number of nitro groups is 1. The smallest absolute Gasteiger partial charge is 0.358 e. The molecule has 9 heteroatoms. The minimum Gasteiger partial charge on any atom is -0.358 e. The number of carbonyl (C=O) groups excluding carboxylic acids is 1. The summed E-state index contributed by atoms with van der Waals surface area (Å²) in [7, 11) is 1.63. The van der Waals surface area contributed by atoms with Crippen LogP contribution in [0.5, 0.6) is 0 Å². The Balaban J connectivity index is 2.02. The molecule has 0 aliphatic heterocycles. The predicted molar refractivity (Wildman–Crippen MR) is 86.0 cm³/mol. The van der Waals surface area contributed by atoms with Crippen LogP contribution in [-0.4, -0.2) is 33.5 Å². The molecule has 0 saturated heterocycles. The van der Waals surface area contributed by atoms with Gasteiger partial charge in [-0.1, -0.05) is 12.1 Å². The van der Waals surface area contributed by atoms with Crippen molar-refractivity contribution in [2.75, 3.05) is 18.0 Å². The summed E-state index contributed by atoms with van der Waals surface area (Å²) in [5.74, 6) is -0.646. The van der Waals surface area contributed by atoms with Crippen molar-refractivity contribution in [3.8, 4) is 0 Å². The average molecular weight is 335 g/mol. The number of aryl methyl sites for hydroxylation is 1. The first-order valence-corrected chi connectivity index (χ1v) is 7.34. The highest BCUT2D eigenvalue weighted by molar-refractivity contribution is 5.81. The first-order valence-electron chi connectivity index (χ1n) is 7.34. The third-order valence-corrected chi connectivity index (χ3v) is 3.48. The molecule has 0 aliphatic rings. The van der Waals surface area contributed by atoms with Crippen molar-refractivity contribution in [1.82, 2.24) is 14.9 Å². The van der Waals surface area contributed by atoms with Crippen LogP contribution in [0, 0.1) is 15.9 Å². The Kier molecular flexibility index (Phi) is 5.46. The molecule has 1 N–H and O–H groups in total. The fourth-order valence-electron chi connectivity index (χ4n) is 2.27. The molecule has 1 heterocycles. The second kappa shape index (κ2) is 7.53. The molecular weight excluding hydrogens is 317 g/mol. The lowest BCUT2D eigenvalue weighted by Crippen LogP contribution is -2.38. The van der Waals surface area contributed by atoms with Gasteiger partial charge in [-0.15, -0.1) is 0 Å². The highest BCUT2D eigenvalue weighted by atomic mass is 19.1. The van der Waals surface area contributed by atoms with Gasteiger partial charge in [-0.05, 0) is 34.5 Å². The van der Waals surface area contributed by atoms with E-state index in [2.05, 4.69) is 10.3 Å². The van der Waals surface area contributed by atoms with Crippen molar-refractivity contribution in [2.45, 2.75) is 13.5 Å². The van der Waals surface area contributed by atoms with Crippen LogP contribution in [0.3, 0.4) is 0 Å². The highest BCUT2D eigenvalue weighted by Gasteiger charge is 2.25. The summed E-state index contributed by atoms with van der Waals surface area (Å²) in [6, 6.07) is 5.80. The lowest BCUT2D eigenvalue weighted by molar-refractivity contribution is -0.388. The number of nitrogens with one attached hydrogen (secondary N) is 1. The molecule has 0 unspecified atom stereocenters. The summed E-state index contributed by atoms with van der Waals surface area (Å²) in [6.45, 7) is 2.41. The van der Waals surface area contributed by atoms with E-state index in [9.17, 15) is 19.3 Å². The van der Waals surface area contributed by atoms with Crippen LogP contribution in [0.1, 0.15) is 12.5 Å². The van der Waals surface area contributed by atoms with Crippen molar-refractivity contribution < 1.29 is 14.1 Å². The number of hydrogen-bond donors (Lipinski definition) is 1. The Morgan fingerprint density at radius 2 is 2.08 bits per heavy atom. The molecule has 0 fully saturated rings. The van der Waals surface area contributed by atoms with Gasteiger partial charge in [-0.3, -0.25) is 9.36 Å². The monoisotopic (exact) mass is 335 g/mol. The first kappa shape index (κ1) is 17.4. The number of amides is 1. The van der Waals surface area contributed by atoms with Crippen LogP contribution in [-0.2, 0) is 18.4 Å². The molecule has 0 spiro atoms. The number of halogens is 1. The van der Waals surface area contributed by atoms with Crippen LogP contribution >= 0.6 is 0 Å². The first-order chi connectivity index (χ1) is 11.4. The Bertz CT molecular complexity index is 729. The maximum Gasteiger partial charge on any atom is 0.406 e. The third-order valence-electron chi connectivity index (χ3n) is 3.48. The zero-order chi connectivity index (χ0) is 17.7. The fraction of sp³-hybridized carbons (Fsp3) is 0.333. The zero-order valence-electron chi connectivity index (χ0n) is 13.4. The average Bonchev–Trinajstić information content (AvgIpc) is 2.94. The lowest BCUT2D eigenvalue weighted by atomic mass is 10.2. The second-order valence-electron chi connectivity index (χ2n) is 5.18. The molecule has 0 atom stereocenters. The Hall–Kier alpha value is -2.97. The Labute approximate surface area is 138 Å². The molecule has 0 aliphatic carbocycles. The Morgan fingerprint density at radius 3 is 2.67 bits per heavy atom. The van der Waals surface area contributed by atoms with Gasteiger partial charge in [0.05, 0.1) is 6.54 Å². The number of hydrogen-bond acceptors (Lipinski definition) is 5. The van der Waals surface area contributed by atoms with Gasteiger partial charge in [0.15, 0.2) is 0 Å². The van der Waals surface area contributed by atoms with Crippen LogP contribution < -0.4 is 10.2 Å². The number of nitrogens with zero attached hydrogens (tertiary/aromatic N) is 4. The van der Waals surface area contributed by atoms with E-state index >= 15 is 0 Å². The van der Waals surface area contributed by atoms with Crippen molar-refractivity contribution in [2.24, 2.45) is 7.05 Å². The van der Waals surface area contributed by atoms with E-state index in [4.69, 9.17) is 0 Å². The number of rotatable bonds is 7. The highest BCUT2D eigenvalue weighted by Crippen LogP contribution is 2.25. The summed E-state index contributed by atoms with van der Waals surface area (Å²) in [6.07, 6.45) is 1.34. The molecule has 0 radical (unpaired) electrons. The molecule has 1 aromatic heterocycles. The number of anilines is 1. The predicted octanol–water partition coefficient (Wildman–Crippen LogP) is 1.61. The molecule has 0 saturated carbocycles. The summed E-state index contributed by atoms with van der Waals surface area (Å²) < 4.78 is 14.4. The van der Waals surface area contributed by atoms with Gasteiger partial charge in [0, 0.05) is 20.1 Å². The molecule has 1 amide bonds. The fourth-order valence-corrected chi connectivity index (χ4v) is 2.27. The summed E-state index contributed by atoms with van der Waals surface area (Å²) in [5.41, 5.74) is 0.763. The van der Waals surface area contributed by atoms with E-state index in [-0.39, 0.29) is 36.4 Å². The molecule has 24 heavy (non-hydrogen) atoms. The number of benzene rings is 1. The Morgan fingerprint density at radius 1 is 1.42 bits per heavy atom. The molecule has 0 bridgehead atoms. The van der Waals surface area contributed by atoms with E-state index in [1.807, 2.05) is 0 Å². The van der Waals surface area contributed by atoms with Gasteiger partial charge >= 0.3 is 5.82 Å². The number of aromatic nitrogens is 2. The van der Waals surface area contributed by atoms with E-state index in [1.165, 1.54) is 23.0 Å². The maximum absolute atomic E-state index is 12.8. The molecule has 8 nitrogen and oxygen atoms in total. The van der Waals surface area contributed by atoms with Crippen molar-refractivity contribution in [3.63, 3.8) is 0 Å². The van der Waals surface area contributed by atoms with E-state index in [0.717, 1.165) is 5.56 Å². The number of likely N-dealkylation sites (N-methyl/N-ethyl adjacent to an activating group) is 1. The normalized spacial score (nSPS) is 10.5. The lowest BCUT2D eigenvalue weighted by Gasteiger charge is -2.21. The molecule has 1 aromatic carbocycles. The summed E-state index contributed by atoms with van der Waals surface area (Å²) in [5, 5.41) is 13.8. The van der Waals surface area contributed by atoms with Crippen LogP contribution in [0.2, 0.25) is 0 Å². The zero-order valence-corrected chi connectivity index (χ0v) is 13.4. The number of carbonyl (C=O) groups is 1. The van der Waals surface area contributed by atoms with E-state index in [1.54, 1.807) is 31.0 Å². The molecule has 2 rings (SSSR count). The van der Waals surface area contributed by atoms with Crippen LogP contribution in [0.4, 0.5) is 16.0 Å². The van der Waals surface area contributed by atoms with Gasteiger partial charge in [0.1, 0.15) is 5.82 Å². The van der Waals surface area contributed by atoms with Crippen LogP contribution in [0.25, 0.3) is 0 Å². The van der Waals surface area contributed by atoms with Crippen molar-refractivity contribution in [1.29, 1.82) is 0 Å². The van der Waals surface area contributed by atoms with E-state index in [0.29, 0.717) is 6.54 Å². The largest absolute Gasteiger partial charge is 0.406 e. The number of imidazole rings is 1. The second-order valence-corrected chi connectivity index (χ2v) is 5.18. The SMILES string of the molecule is CCN(CC(=O)NCc1ccc(F)cc1)c1c([N+](=O)[O-])ncn1C. The van der Waals surface area contributed by atoms with Gasteiger partial charge in [0.2, 0.25) is 18.1 Å². The summed E-state index contributed by atoms with van der Waals surface area (Å²) >= 11 is 0. The summed E-state index contributed by atoms with van der Waals surface area (Å²) in [4.78, 5) is 27.9. The maximum atomic E-state index is 12.8. The van der Waals surface area contributed by atoms with Gasteiger partial charge in [-0.25, -0.2) is 4.39 Å². The van der Waals surface area contributed by atoms with Crippen LogP contribution in [0.15, 0.2) is 30.6 Å². The van der Waals surface area contributed by atoms with Crippen molar-refractivity contribution in [3.05, 3.63) is 52.1 Å². The molecule has 128 valence electrons. The molecular formula is C15H18FN5O3.